The molecule has 130 valence electrons. The van der Waals surface area contributed by atoms with Gasteiger partial charge in [0.15, 0.2) is 0 Å². The quantitative estimate of drug-likeness (QED) is 0.847. The van der Waals surface area contributed by atoms with Gasteiger partial charge in [0.05, 0.1) is 31.2 Å². The third-order valence-electron chi connectivity index (χ3n) is 4.09. The van der Waals surface area contributed by atoms with Crippen LogP contribution in [-0.4, -0.2) is 53.2 Å². The second kappa shape index (κ2) is 6.62. The van der Waals surface area contributed by atoms with Crippen LogP contribution in [0.4, 0.5) is 0 Å². The van der Waals surface area contributed by atoms with Crippen molar-refractivity contribution in [1.29, 1.82) is 0 Å². The molecular weight excluding hydrogens is 330 g/mol. The molecule has 3 heterocycles. The summed E-state index contributed by atoms with van der Waals surface area (Å²) in [5.41, 5.74) is 0.407. The Morgan fingerprint density at radius 2 is 2.08 bits per heavy atom. The van der Waals surface area contributed by atoms with Crippen LogP contribution < -0.4 is 5.56 Å². The van der Waals surface area contributed by atoms with Gasteiger partial charge < -0.3 is 14.5 Å². The number of carbonyl (C=O) groups excluding carboxylic acids is 1. The van der Waals surface area contributed by atoms with Crippen molar-refractivity contribution in [3.8, 4) is 0 Å². The van der Waals surface area contributed by atoms with Crippen LogP contribution in [0.2, 0.25) is 0 Å². The lowest BCUT2D eigenvalue weighted by Gasteiger charge is -2.34. The number of rotatable bonds is 3. The number of aryl methyl sites for hydroxylation is 1. The molecule has 0 saturated carbocycles. The summed E-state index contributed by atoms with van der Waals surface area (Å²) in [4.78, 5) is 34.9. The summed E-state index contributed by atoms with van der Waals surface area (Å²) in [5, 5.41) is 0.466. The van der Waals surface area contributed by atoms with Crippen LogP contribution in [0.3, 0.4) is 0 Å². The van der Waals surface area contributed by atoms with E-state index in [4.69, 9.17) is 9.47 Å². The van der Waals surface area contributed by atoms with Gasteiger partial charge >= 0.3 is 5.97 Å². The Hall–Kier alpha value is -1.77. The van der Waals surface area contributed by atoms with Crippen molar-refractivity contribution in [2.45, 2.75) is 39.5 Å². The molecule has 24 heavy (non-hydrogen) atoms. The Morgan fingerprint density at radius 3 is 2.71 bits per heavy atom. The number of aromatic nitrogens is 2. The molecule has 1 aliphatic heterocycles. The molecule has 3 rings (SSSR count). The number of H-pyrrole nitrogens is 1. The van der Waals surface area contributed by atoms with Crippen molar-refractivity contribution < 1.29 is 14.3 Å². The number of methoxy groups -OCH3 is 1. The molecule has 1 saturated heterocycles. The Kier molecular flexibility index (Phi) is 4.71. The van der Waals surface area contributed by atoms with E-state index in [1.807, 2.05) is 13.8 Å². The van der Waals surface area contributed by atoms with Gasteiger partial charge in [0, 0.05) is 13.1 Å². The van der Waals surface area contributed by atoms with Crippen molar-refractivity contribution in [3.63, 3.8) is 0 Å². The molecule has 1 fully saturated rings. The molecule has 1 aliphatic rings. The Labute approximate surface area is 143 Å². The third kappa shape index (κ3) is 3.22. The number of morpholine rings is 1. The lowest BCUT2D eigenvalue weighted by Crippen LogP contribution is -2.45. The van der Waals surface area contributed by atoms with Gasteiger partial charge in [-0.2, -0.15) is 0 Å². The summed E-state index contributed by atoms with van der Waals surface area (Å²) in [6.45, 7) is 7.95. The number of hydrogen-bond acceptors (Lipinski definition) is 7. The molecule has 0 bridgehead atoms. The lowest BCUT2D eigenvalue weighted by atomic mass is 10.2. The Bertz CT molecular complexity index is 819. The highest BCUT2D eigenvalue weighted by Gasteiger charge is 2.24. The first kappa shape index (κ1) is 17.1. The van der Waals surface area contributed by atoms with Gasteiger partial charge in [0.1, 0.15) is 15.5 Å². The van der Waals surface area contributed by atoms with Gasteiger partial charge in [-0.05, 0) is 26.3 Å². The summed E-state index contributed by atoms with van der Waals surface area (Å²) in [5.74, 6) is 0.166. The molecule has 7 nitrogen and oxygen atoms in total. The zero-order valence-electron chi connectivity index (χ0n) is 14.2. The van der Waals surface area contributed by atoms with Gasteiger partial charge in [-0.25, -0.2) is 9.78 Å². The summed E-state index contributed by atoms with van der Waals surface area (Å²) < 4.78 is 10.5. The monoisotopic (exact) mass is 351 g/mol. The van der Waals surface area contributed by atoms with Gasteiger partial charge in [-0.1, -0.05) is 0 Å². The fourth-order valence-corrected chi connectivity index (χ4v) is 4.29. The van der Waals surface area contributed by atoms with E-state index in [0.717, 1.165) is 13.1 Å². The van der Waals surface area contributed by atoms with Crippen LogP contribution >= 0.6 is 11.3 Å². The van der Waals surface area contributed by atoms with Crippen LogP contribution in [0, 0.1) is 6.92 Å². The first-order valence-electron chi connectivity index (χ1n) is 7.87. The number of nitrogens with one attached hydrogen (secondary N) is 1. The van der Waals surface area contributed by atoms with Crippen LogP contribution in [0.1, 0.15) is 34.9 Å². The zero-order valence-corrected chi connectivity index (χ0v) is 15.0. The molecule has 2 aromatic rings. The van der Waals surface area contributed by atoms with Gasteiger partial charge in [0.25, 0.3) is 5.56 Å². The number of nitrogens with zero attached hydrogens (tertiary/aromatic N) is 2. The minimum atomic E-state index is -0.438. The summed E-state index contributed by atoms with van der Waals surface area (Å²) in [6.07, 6.45) is 0.304. The van der Waals surface area contributed by atoms with E-state index in [0.29, 0.717) is 33.0 Å². The fourth-order valence-electron chi connectivity index (χ4n) is 3.18. The number of fused-ring (bicyclic) bond motifs is 1. The normalized spacial score (nSPS) is 22.0. The number of aromatic amines is 1. The maximum absolute atomic E-state index is 12.4. The van der Waals surface area contributed by atoms with E-state index in [2.05, 4.69) is 14.9 Å². The predicted octanol–water partition coefficient (Wildman–Crippen LogP) is 1.69. The Morgan fingerprint density at radius 1 is 1.42 bits per heavy atom. The first-order valence-corrected chi connectivity index (χ1v) is 8.69. The van der Waals surface area contributed by atoms with Crippen molar-refractivity contribution in [1.82, 2.24) is 14.9 Å². The highest BCUT2D eigenvalue weighted by Crippen LogP contribution is 2.27. The van der Waals surface area contributed by atoms with Crippen molar-refractivity contribution in [3.05, 3.63) is 26.6 Å². The number of carbonyl (C=O) groups is 1. The minimum Gasteiger partial charge on any atom is -0.465 e. The fraction of sp³-hybridized carbons (Fsp3) is 0.562. The van der Waals surface area contributed by atoms with E-state index >= 15 is 0 Å². The molecule has 1 N–H and O–H groups in total. The van der Waals surface area contributed by atoms with E-state index in [1.54, 1.807) is 6.92 Å². The number of ether oxygens (including phenoxy) is 2. The average Bonchev–Trinajstić information content (AvgIpc) is 2.82. The molecule has 0 spiro atoms. The molecule has 2 atom stereocenters. The van der Waals surface area contributed by atoms with Gasteiger partial charge in [-0.3, -0.25) is 9.69 Å². The number of esters is 1. The smallest absolute Gasteiger partial charge is 0.348 e. The first-order chi connectivity index (χ1) is 11.4. The highest BCUT2D eigenvalue weighted by molar-refractivity contribution is 7.20. The van der Waals surface area contributed by atoms with Gasteiger partial charge in [0.2, 0.25) is 0 Å². The predicted molar refractivity (Wildman–Crippen MR) is 91.6 cm³/mol. The molecule has 0 aliphatic carbocycles. The maximum atomic E-state index is 12.4. The summed E-state index contributed by atoms with van der Waals surface area (Å²) >= 11 is 1.20. The third-order valence-corrected chi connectivity index (χ3v) is 5.25. The molecule has 0 aromatic carbocycles. The molecule has 0 unspecified atom stereocenters. The Balaban J connectivity index is 1.93. The van der Waals surface area contributed by atoms with Crippen LogP contribution in [-0.2, 0) is 16.0 Å². The lowest BCUT2D eigenvalue weighted by molar-refractivity contribution is -0.0710. The highest BCUT2D eigenvalue weighted by atomic mass is 32.1. The minimum absolute atomic E-state index is 0.152. The van der Waals surface area contributed by atoms with Crippen LogP contribution in [0.15, 0.2) is 4.79 Å². The zero-order chi connectivity index (χ0) is 17.4. The molecule has 2 aromatic heterocycles. The SMILES string of the molecule is COC(=O)c1sc2nc(CN3C[C@H](C)O[C@@H](C)C3)[nH]c(=O)c2c1C. The van der Waals surface area contributed by atoms with Crippen LogP contribution in [0.5, 0.6) is 0 Å². The van der Waals surface area contributed by atoms with Crippen molar-refractivity contribution in [2.24, 2.45) is 0 Å². The standard InChI is InChI=1S/C16H21N3O4S/c1-8-5-19(6-9(2)23-8)7-11-17-14(20)12-10(3)13(16(21)22-4)24-15(12)18-11/h8-9H,5-7H2,1-4H3,(H,17,18,20)/t8-,9-/m0/s1. The van der Waals surface area contributed by atoms with E-state index in [-0.39, 0.29) is 17.8 Å². The summed E-state index contributed by atoms with van der Waals surface area (Å²) in [7, 11) is 1.33. The molecule has 0 amide bonds. The maximum Gasteiger partial charge on any atom is 0.348 e. The van der Waals surface area contributed by atoms with Gasteiger partial charge in [-0.15, -0.1) is 11.3 Å². The summed E-state index contributed by atoms with van der Waals surface area (Å²) in [6, 6.07) is 0. The number of hydrogen-bond donors (Lipinski definition) is 1. The largest absolute Gasteiger partial charge is 0.465 e. The van der Waals surface area contributed by atoms with E-state index in [1.165, 1.54) is 18.4 Å². The second-order valence-electron chi connectivity index (χ2n) is 6.19. The van der Waals surface area contributed by atoms with Crippen molar-refractivity contribution in [2.75, 3.05) is 20.2 Å². The molecule has 8 heteroatoms. The second-order valence-corrected chi connectivity index (χ2v) is 7.19. The number of thiophene rings is 1. The van der Waals surface area contributed by atoms with E-state index in [9.17, 15) is 9.59 Å². The topological polar surface area (TPSA) is 84.5 Å². The van der Waals surface area contributed by atoms with Crippen molar-refractivity contribution >= 4 is 27.5 Å². The van der Waals surface area contributed by atoms with E-state index < -0.39 is 5.97 Å². The molecular formula is C16H21N3O4S. The average molecular weight is 351 g/mol. The van der Waals surface area contributed by atoms with Crippen LogP contribution in [0.25, 0.3) is 10.2 Å². The molecule has 0 radical (unpaired) electrons.